The van der Waals surface area contributed by atoms with Gasteiger partial charge in [0, 0.05) is 52.9 Å². The van der Waals surface area contributed by atoms with Crippen LogP contribution in [0, 0.1) is 11.8 Å². The van der Waals surface area contributed by atoms with E-state index >= 15 is 0 Å². The molecular formula is C20H37N5O. The SMILES string of the molecule is CCCCNC(=NCC(=O)N(C)C)N1CCN(C2CC3CCC2C3)CC1. The average Bonchev–Trinajstić information content (AvgIpc) is 3.28. The Balaban J connectivity index is 1.53. The largest absolute Gasteiger partial charge is 0.356 e. The summed E-state index contributed by atoms with van der Waals surface area (Å²) < 4.78 is 0. The third kappa shape index (κ3) is 4.70. The van der Waals surface area contributed by atoms with Gasteiger partial charge in [0.15, 0.2) is 5.96 Å². The summed E-state index contributed by atoms with van der Waals surface area (Å²) in [5.41, 5.74) is 0. The van der Waals surface area contributed by atoms with Crippen molar-refractivity contribution in [2.45, 2.75) is 51.5 Å². The number of hydrogen-bond acceptors (Lipinski definition) is 3. The summed E-state index contributed by atoms with van der Waals surface area (Å²) in [6.45, 7) is 7.65. The smallest absolute Gasteiger partial charge is 0.243 e. The fraction of sp³-hybridized carbons (Fsp3) is 0.900. The number of carbonyl (C=O) groups excluding carboxylic acids is 1. The molecule has 3 rings (SSSR count). The highest BCUT2D eigenvalue weighted by molar-refractivity contribution is 5.84. The number of likely N-dealkylation sites (N-methyl/N-ethyl adjacent to an activating group) is 1. The van der Waals surface area contributed by atoms with E-state index in [4.69, 9.17) is 0 Å². The lowest BCUT2D eigenvalue weighted by atomic mass is 9.93. The lowest BCUT2D eigenvalue weighted by Crippen LogP contribution is -2.55. The van der Waals surface area contributed by atoms with E-state index in [1.54, 1.807) is 19.0 Å². The van der Waals surface area contributed by atoms with Crippen molar-refractivity contribution in [3.05, 3.63) is 0 Å². The van der Waals surface area contributed by atoms with Crippen LogP contribution in [0.3, 0.4) is 0 Å². The van der Waals surface area contributed by atoms with Crippen molar-refractivity contribution in [2.75, 3.05) is 53.4 Å². The highest BCUT2D eigenvalue weighted by Gasteiger charge is 2.42. The Kier molecular flexibility index (Phi) is 6.79. The van der Waals surface area contributed by atoms with Crippen LogP contribution in [0.15, 0.2) is 4.99 Å². The van der Waals surface area contributed by atoms with E-state index in [9.17, 15) is 4.79 Å². The third-order valence-corrected chi connectivity index (χ3v) is 6.46. The maximum Gasteiger partial charge on any atom is 0.243 e. The molecule has 2 saturated carbocycles. The van der Waals surface area contributed by atoms with Crippen molar-refractivity contribution < 1.29 is 4.79 Å². The Bertz CT molecular complexity index is 498. The second kappa shape index (κ2) is 9.07. The molecule has 3 unspecified atom stereocenters. The minimum atomic E-state index is 0.0559. The van der Waals surface area contributed by atoms with Crippen LogP contribution >= 0.6 is 0 Å². The van der Waals surface area contributed by atoms with Crippen molar-refractivity contribution in [3.63, 3.8) is 0 Å². The zero-order valence-corrected chi connectivity index (χ0v) is 16.9. The van der Waals surface area contributed by atoms with E-state index in [0.29, 0.717) is 0 Å². The number of hydrogen-bond donors (Lipinski definition) is 1. The van der Waals surface area contributed by atoms with Gasteiger partial charge < -0.3 is 15.1 Å². The van der Waals surface area contributed by atoms with E-state index < -0.39 is 0 Å². The van der Waals surface area contributed by atoms with Crippen LogP contribution in [0.1, 0.15) is 45.4 Å². The molecule has 0 radical (unpaired) electrons. The van der Waals surface area contributed by atoms with Crippen LogP contribution in [0.5, 0.6) is 0 Å². The lowest BCUT2D eigenvalue weighted by Gasteiger charge is -2.42. The molecule has 26 heavy (non-hydrogen) atoms. The zero-order chi connectivity index (χ0) is 18.5. The number of guanidine groups is 1. The van der Waals surface area contributed by atoms with E-state index in [1.807, 2.05) is 0 Å². The molecule has 2 aliphatic carbocycles. The molecule has 1 saturated heterocycles. The quantitative estimate of drug-likeness (QED) is 0.443. The monoisotopic (exact) mass is 363 g/mol. The van der Waals surface area contributed by atoms with Gasteiger partial charge in [0.1, 0.15) is 6.54 Å². The molecule has 2 bridgehead atoms. The molecule has 3 fully saturated rings. The zero-order valence-electron chi connectivity index (χ0n) is 16.9. The first-order valence-electron chi connectivity index (χ1n) is 10.6. The predicted molar refractivity (Wildman–Crippen MR) is 106 cm³/mol. The maximum absolute atomic E-state index is 11.9. The standard InChI is InChI=1S/C20H37N5O/c1-4-5-8-21-20(22-15-19(26)23(2)3)25-11-9-24(10-12-25)18-14-16-6-7-17(18)13-16/h16-18H,4-15H2,1-3H3,(H,21,22). The second-order valence-corrected chi connectivity index (χ2v) is 8.47. The highest BCUT2D eigenvalue weighted by Crippen LogP contribution is 2.46. The molecule has 1 amide bonds. The van der Waals surface area contributed by atoms with Gasteiger partial charge in [0.2, 0.25) is 5.91 Å². The topological polar surface area (TPSA) is 51.2 Å². The normalized spacial score (nSPS) is 29.3. The van der Waals surface area contributed by atoms with Crippen LogP contribution in [0.25, 0.3) is 0 Å². The number of nitrogens with zero attached hydrogens (tertiary/aromatic N) is 4. The van der Waals surface area contributed by atoms with Crippen molar-refractivity contribution in [2.24, 2.45) is 16.8 Å². The van der Waals surface area contributed by atoms with Gasteiger partial charge in [-0.3, -0.25) is 9.69 Å². The number of fused-ring (bicyclic) bond motifs is 2. The lowest BCUT2D eigenvalue weighted by molar-refractivity contribution is -0.127. The van der Waals surface area contributed by atoms with Crippen molar-refractivity contribution in [1.29, 1.82) is 0 Å². The van der Waals surface area contributed by atoms with E-state index in [-0.39, 0.29) is 12.5 Å². The number of aliphatic imine (C=N–C) groups is 1. The number of amides is 1. The van der Waals surface area contributed by atoms with Crippen LogP contribution in [-0.4, -0.2) is 86.0 Å². The molecule has 0 spiro atoms. The van der Waals surface area contributed by atoms with Gasteiger partial charge in [0.25, 0.3) is 0 Å². The molecule has 1 aliphatic heterocycles. The molecule has 6 heteroatoms. The van der Waals surface area contributed by atoms with Gasteiger partial charge in [-0.25, -0.2) is 4.99 Å². The summed E-state index contributed by atoms with van der Waals surface area (Å²) in [6.07, 6.45) is 8.12. The van der Waals surface area contributed by atoms with Gasteiger partial charge in [-0.05, 0) is 37.5 Å². The first-order chi connectivity index (χ1) is 12.6. The van der Waals surface area contributed by atoms with Crippen molar-refractivity contribution >= 4 is 11.9 Å². The first kappa shape index (κ1) is 19.5. The molecule has 6 nitrogen and oxygen atoms in total. The third-order valence-electron chi connectivity index (χ3n) is 6.46. The fourth-order valence-electron chi connectivity index (χ4n) is 4.85. The number of rotatable bonds is 6. The Morgan fingerprint density at radius 3 is 2.50 bits per heavy atom. The van der Waals surface area contributed by atoms with Crippen LogP contribution < -0.4 is 5.32 Å². The summed E-state index contributed by atoms with van der Waals surface area (Å²) in [5, 5.41) is 3.48. The number of unbranched alkanes of at least 4 members (excludes halogenated alkanes) is 1. The Morgan fingerprint density at radius 2 is 1.92 bits per heavy atom. The van der Waals surface area contributed by atoms with Crippen LogP contribution in [-0.2, 0) is 4.79 Å². The van der Waals surface area contributed by atoms with E-state index in [2.05, 4.69) is 27.0 Å². The van der Waals surface area contributed by atoms with Gasteiger partial charge in [-0.2, -0.15) is 0 Å². The molecule has 3 atom stereocenters. The van der Waals surface area contributed by atoms with Gasteiger partial charge in [-0.1, -0.05) is 19.8 Å². The number of carbonyl (C=O) groups is 1. The Labute approximate surface area is 159 Å². The summed E-state index contributed by atoms with van der Waals surface area (Å²) in [7, 11) is 3.58. The molecule has 1 heterocycles. The van der Waals surface area contributed by atoms with Crippen molar-refractivity contribution in [1.82, 2.24) is 20.0 Å². The minimum Gasteiger partial charge on any atom is -0.356 e. The number of piperazine rings is 1. The molecule has 0 aromatic carbocycles. The van der Waals surface area contributed by atoms with Crippen molar-refractivity contribution in [3.8, 4) is 0 Å². The number of nitrogens with one attached hydrogen (secondary N) is 1. The Hall–Kier alpha value is -1.30. The summed E-state index contributed by atoms with van der Waals surface area (Å²) in [5.74, 6) is 2.94. The predicted octanol–water partition coefficient (Wildman–Crippen LogP) is 1.63. The van der Waals surface area contributed by atoms with Gasteiger partial charge >= 0.3 is 0 Å². The fourth-order valence-corrected chi connectivity index (χ4v) is 4.85. The minimum absolute atomic E-state index is 0.0559. The highest BCUT2D eigenvalue weighted by atomic mass is 16.2. The first-order valence-corrected chi connectivity index (χ1v) is 10.6. The van der Waals surface area contributed by atoms with E-state index in [1.165, 1.54) is 25.7 Å². The molecular weight excluding hydrogens is 326 g/mol. The second-order valence-electron chi connectivity index (χ2n) is 8.47. The van der Waals surface area contributed by atoms with Crippen LogP contribution in [0.4, 0.5) is 0 Å². The maximum atomic E-state index is 11.9. The van der Waals surface area contributed by atoms with Crippen LogP contribution in [0.2, 0.25) is 0 Å². The van der Waals surface area contributed by atoms with Gasteiger partial charge in [0.05, 0.1) is 0 Å². The summed E-state index contributed by atoms with van der Waals surface area (Å²) in [4.78, 5) is 23.2. The summed E-state index contributed by atoms with van der Waals surface area (Å²) in [6, 6.07) is 0.833. The van der Waals surface area contributed by atoms with E-state index in [0.717, 1.165) is 69.4 Å². The summed E-state index contributed by atoms with van der Waals surface area (Å²) >= 11 is 0. The molecule has 0 aromatic rings. The molecule has 148 valence electrons. The van der Waals surface area contributed by atoms with Gasteiger partial charge in [-0.15, -0.1) is 0 Å². The molecule has 1 N–H and O–H groups in total. The average molecular weight is 364 g/mol. The Morgan fingerprint density at radius 1 is 1.15 bits per heavy atom. The molecule has 0 aromatic heterocycles. The molecule has 3 aliphatic rings.